The van der Waals surface area contributed by atoms with Gasteiger partial charge in [0.1, 0.15) is 0 Å². The van der Waals surface area contributed by atoms with Gasteiger partial charge in [-0.2, -0.15) is 0 Å². The van der Waals surface area contributed by atoms with E-state index < -0.39 is 0 Å². The predicted molar refractivity (Wildman–Crippen MR) is 81.7 cm³/mol. The lowest BCUT2D eigenvalue weighted by Crippen LogP contribution is -2.43. The van der Waals surface area contributed by atoms with Gasteiger partial charge in [0.2, 0.25) is 0 Å². The molecule has 0 bridgehead atoms. The molecule has 1 fully saturated rings. The molecule has 0 saturated carbocycles. The first kappa shape index (κ1) is 16.4. The number of halogens is 2. The Labute approximate surface area is 126 Å². The van der Waals surface area contributed by atoms with Crippen molar-refractivity contribution in [3.05, 3.63) is 34.9 Å². The average molecular weight is 303 g/mol. The van der Waals surface area contributed by atoms with E-state index in [9.17, 15) is 4.79 Å². The van der Waals surface area contributed by atoms with Crippen molar-refractivity contribution >= 4 is 30.6 Å². The molecule has 0 atom stereocenters. The number of hydrogen-bond acceptors (Lipinski definition) is 3. The van der Waals surface area contributed by atoms with Crippen molar-refractivity contribution in [2.24, 2.45) is 0 Å². The van der Waals surface area contributed by atoms with Gasteiger partial charge in [0.15, 0.2) is 5.78 Å². The normalized spacial score (nSPS) is 18.4. The smallest absolute Gasteiger partial charge is 0.163 e. The van der Waals surface area contributed by atoms with Crippen molar-refractivity contribution in [1.29, 1.82) is 0 Å². The standard InChI is InChI=1S/C14H18N2O.2ClH/c17-14-5-4-12-11(2-1-3-13(12)14)10-16-8-6-15-7-9-16;;/h1-3,15H,4-10H2;2*1H. The maximum absolute atomic E-state index is 11.7. The van der Waals surface area contributed by atoms with Crippen LogP contribution >= 0.6 is 24.8 Å². The van der Waals surface area contributed by atoms with Crippen LogP contribution in [0.15, 0.2) is 18.2 Å². The molecule has 0 spiro atoms. The molecule has 1 aliphatic heterocycles. The van der Waals surface area contributed by atoms with Gasteiger partial charge >= 0.3 is 0 Å². The summed E-state index contributed by atoms with van der Waals surface area (Å²) in [6, 6.07) is 6.19. The summed E-state index contributed by atoms with van der Waals surface area (Å²) in [5, 5.41) is 3.36. The molecule has 1 heterocycles. The number of benzene rings is 1. The van der Waals surface area contributed by atoms with Gasteiger partial charge < -0.3 is 5.32 Å². The molecule has 106 valence electrons. The number of nitrogens with one attached hydrogen (secondary N) is 1. The zero-order valence-electron chi connectivity index (χ0n) is 10.9. The van der Waals surface area contributed by atoms with Crippen LogP contribution in [0.2, 0.25) is 0 Å². The highest BCUT2D eigenvalue weighted by Gasteiger charge is 2.22. The van der Waals surface area contributed by atoms with E-state index in [1.807, 2.05) is 12.1 Å². The molecule has 0 radical (unpaired) electrons. The zero-order chi connectivity index (χ0) is 11.7. The monoisotopic (exact) mass is 302 g/mol. The number of nitrogens with zero attached hydrogens (tertiary/aromatic N) is 1. The Morgan fingerprint density at radius 1 is 1.11 bits per heavy atom. The fourth-order valence-corrected chi connectivity index (χ4v) is 2.82. The fraction of sp³-hybridized carbons (Fsp3) is 0.500. The maximum atomic E-state index is 11.7. The van der Waals surface area contributed by atoms with Crippen molar-refractivity contribution < 1.29 is 4.79 Å². The molecule has 3 nitrogen and oxygen atoms in total. The van der Waals surface area contributed by atoms with Gasteiger partial charge in [-0.1, -0.05) is 18.2 Å². The van der Waals surface area contributed by atoms with E-state index >= 15 is 0 Å². The molecule has 3 rings (SSSR count). The molecule has 1 aromatic carbocycles. The SMILES string of the molecule is Cl.Cl.O=C1CCc2c(CN3CCNCC3)cccc21. The van der Waals surface area contributed by atoms with Crippen LogP contribution in [0.3, 0.4) is 0 Å². The summed E-state index contributed by atoms with van der Waals surface area (Å²) in [4.78, 5) is 14.2. The zero-order valence-corrected chi connectivity index (χ0v) is 12.5. The fourth-order valence-electron chi connectivity index (χ4n) is 2.82. The molecule has 2 aliphatic rings. The Balaban J connectivity index is 0.000000902. The molecule has 5 heteroatoms. The minimum atomic E-state index is 0. The van der Waals surface area contributed by atoms with Gasteiger partial charge in [-0.25, -0.2) is 0 Å². The summed E-state index contributed by atoms with van der Waals surface area (Å²) in [6.07, 6.45) is 1.64. The van der Waals surface area contributed by atoms with Gasteiger partial charge in [0.05, 0.1) is 0 Å². The van der Waals surface area contributed by atoms with Gasteiger partial charge in [-0.15, -0.1) is 24.8 Å². The van der Waals surface area contributed by atoms with E-state index in [0.29, 0.717) is 12.2 Å². The number of hydrogen-bond donors (Lipinski definition) is 1. The number of fused-ring (bicyclic) bond motifs is 1. The van der Waals surface area contributed by atoms with Gasteiger partial charge in [0, 0.05) is 44.7 Å². The third-order valence-electron chi connectivity index (χ3n) is 3.78. The summed E-state index contributed by atoms with van der Waals surface area (Å²) < 4.78 is 0. The van der Waals surface area contributed by atoms with E-state index in [-0.39, 0.29) is 24.8 Å². The third-order valence-corrected chi connectivity index (χ3v) is 3.78. The van der Waals surface area contributed by atoms with E-state index in [1.54, 1.807) is 0 Å². The highest BCUT2D eigenvalue weighted by Crippen LogP contribution is 2.26. The highest BCUT2D eigenvalue weighted by atomic mass is 35.5. The summed E-state index contributed by atoms with van der Waals surface area (Å²) in [6.45, 7) is 5.37. The first-order valence-corrected chi connectivity index (χ1v) is 6.41. The minimum absolute atomic E-state index is 0. The van der Waals surface area contributed by atoms with Crippen LogP contribution in [0.4, 0.5) is 0 Å². The second-order valence-corrected chi connectivity index (χ2v) is 4.89. The minimum Gasteiger partial charge on any atom is -0.314 e. The van der Waals surface area contributed by atoms with E-state index in [0.717, 1.165) is 44.7 Å². The third kappa shape index (κ3) is 3.48. The topological polar surface area (TPSA) is 32.3 Å². The van der Waals surface area contributed by atoms with Crippen LogP contribution in [-0.4, -0.2) is 36.9 Å². The number of ketones is 1. The molecular weight excluding hydrogens is 283 g/mol. The van der Waals surface area contributed by atoms with Crippen molar-refractivity contribution in [3.63, 3.8) is 0 Å². The Hall–Kier alpha value is -0.610. The van der Waals surface area contributed by atoms with E-state index in [4.69, 9.17) is 0 Å². The summed E-state index contributed by atoms with van der Waals surface area (Å²) in [7, 11) is 0. The maximum Gasteiger partial charge on any atom is 0.163 e. The molecule has 1 N–H and O–H groups in total. The van der Waals surface area contributed by atoms with Gasteiger partial charge in [-0.3, -0.25) is 9.69 Å². The Bertz CT molecular complexity index is 445. The number of rotatable bonds is 2. The average Bonchev–Trinajstić information content (AvgIpc) is 2.74. The first-order chi connectivity index (χ1) is 8.34. The number of carbonyl (C=O) groups excluding carboxylic acids is 1. The summed E-state index contributed by atoms with van der Waals surface area (Å²) >= 11 is 0. The summed E-state index contributed by atoms with van der Waals surface area (Å²) in [5.41, 5.74) is 3.63. The van der Waals surface area contributed by atoms with Crippen LogP contribution in [0, 0.1) is 0 Å². The Morgan fingerprint density at radius 3 is 2.58 bits per heavy atom. The molecule has 1 saturated heterocycles. The van der Waals surface area contributed by atoms with Crippen LogP contribution in [-0.2, 0) is 13.0 Å². The quantitative estimate of drug-likeness (QED) is 0.908. The van der Waals surface area contributed by atoms with Crippen LogP contribution in [0.1, 0.15) is 27.9 Å². The number of carbonyl (C=O) groups is 1. The van der Waals surface area contributed by atoms with Crippen molar-refractivity contribution in [3.8, 4) is 0 Å². The largest absolute Gasteiger partial charge is 0.314 e. The second kappa shape index (κ2) is 7.25. The van der Waals surface area contributed by atoms with Gasteiger partial charge in [0.25, 0.3) is 0 Å². The number of piperazine rings is 1. The molecule has 0 aromatic heterocycles. The molecule has 1 aliphatic carbocycles. The molecule has 0 amide bonds. The molecule has 1 aromatic rings. The van der Waals surface area contributed by atoms with Crippen LogP contribution < -0.4 is 5.32 Å². The lowest BCUT2D eigenvalue weighted by molar-refractivity contribution is 0.0994. The molecular formula is C14H20Cl2N2O. The molecule has 19 heavy (non-hydrogen) atoms. The van der Waals surface area contributed by atoms with Gasteiger partial charge in [-0.05, 0) is 17.5 Å². The number of Topliss-reactive ketones (excluding diaryl/α,β-unsaturated/α-hetero) is 1. The van der Waals surface area contributed by atoms with E-state index in [2.05, 4.69) is 16.3 Å². The lowest BCUT2D eigenvalue weighted by atomic mass is 10.0. The van der Waals surface area contributed by atoms with Crippen molar-refractivity contribution in [2.75, 3.05) is 26.2 Å². The predicted octanol–water partition coefficient (Wildman–Crippen LogP) is 2.06. The highest BCUT2D eigenvalue weighted by molar-refractivity contribution is 6.00. The first-order valence-electron chi connectivity index (χ1n) is 6.41. The van der Waals surface area contributed by atoms with Crippen molar-refractivity contribution in [1.82, 2.24) is 10.2 Å². The Morgan fingerprint density at radius 2 is 1.84 bits per heavy atom. The van der Waals surface area contributed by atoms with Crippen LogP contribution in [0.5, 0.6) is 0 Å². The Kier molecular flexibility index (Phi) is 6.27. The van der Waals surface area contributed by atoms with E-state index in [1.165, 1.54) is 11.1 Å². The summed E-state index contributed by atoms with van der Waals surface area (Å²) in [5.74, 6) is 0.321. The molecule has 0 unspecified atom stereocenters. The van der Waals surface area contributed by atoms with Crippen LogP contribution in [0.25, 0.3) is 0 Å². The van der Waals surface area contributed by atoms with Crippen molar-refractivity contribution in [2.45, 2.75) is 19.4 Å². The second-order valence-electron chi connectivity index (χ2n) is 4.89. The lowest BCUT2D eigenvalue weighted by Gasteiger charge is -2.27.